The van der Waals surface area contributed by atoms with Crippen LogP contribution in [0.2, 0.25) is 0 Å². The molecule has 2 N–H and O–H groups in total. The lowest BCUT2D eigenvalue weighted by atomic mass is 10.2. The maximum atomic E-state index is 8.40. The minimum absolute atomic E-state index is 0. The first-order valence-corrected chi connectivity index (χ1v) is 3.48. The molecule has 0 saturated carbocycles. The molecule has 0 spiro atoms. The summed E-state index contributed by atoms with van der Waals surface area (Å²) >= 11 is 0. The van der Waals surface area contributed by atoms with Gasteiger partial charge < -0.3 is 0 Å². The monoisotopic (exact) mass is 189 g/mol. The molecule has 0 saturated heterocycles. The lowest BCUT2D eigenvalue weighted by Crippen LogP contribution is -2.16. The van der Waals surface area contributed by atoms with Gasteiger partial charge in [0.05, 0.1) is 6.54 Å². The van der Waals surface area contributed by atoms with Crippen molar-refractivity contribution < 1.29 is 10.4 Å². The fraction of sp³-hybridized carbons (Fsp3) is 0.250. The van der Waals surface area contributed by atoms with Crippen LogP contribution in [-0.2, 0) is 6.42 Å². The molecule has 0 amide bonds. The predicted octanol–water partition coefficient (Wildman–Crippen LogP) is 1.73. The summed E-state index contributed by atoms with van der Waals surface area (Å²) in [7, 11) is 0. The van der Waals surface area contributed by atoms with E-state index in [2.05, 4.69) is 0 Å². The summed E-state index contributed by atoms with van der Waals surface area (Å²) in [6, 6.07) is 9.68. The number of hydroxylamine groups is 2. The molecule has 0 bridgehead atoms. The van der Waals surface area contributed by atoms with E-state index in [1.54, 1.807) is 0 Å². The van der Waals surface area contributed by atoms with Crippen LogP contribution >= 0.6 is 12.4 Å². The third-order valence-corrected chi connectivity index (χ3v) is 1.44. The van der Waals surface area contributed by atoms with Gasteiger partial charge in [0, 0.05) is 0 Å². The summed E-state index contributed by atoms with van der Waals surface area (Å²) in [6.07, 6.45) is 0.647. The Hall–Kier alpha value is -0.610. The Bertz CT molecular complexity index is 203. The molecule has 4 heteroatoms. The number of rotatable bonds is 3. The summed E-state index contributed by atoms with van der Waals surface area (Å²) in [5.41, 5.74) is 1.10. The zero-order valence-corrected chi connectivity index (χ0v) is 7.37. The maximum Gasteiger partial charge on any atom is 0.0553 e. The molecule has 0 aliphatic carbocycles. The van der Waals surface area contributed by atoms with Crippen molar-refractivity contribution in [3.63, 3.8) is 0 Å². The molecule has 3 nitrogen and oxygen atoms in total. The summed E-state index contributed by atoms with van der Waals surface area (Å²) in [6.45, 7) is 0.240. The van der Waals surface area contributed by atoms with Crippen molar-refractivity contribution in [1.82, 2.24) is 5.23 Å². The molecule has 0 aliphatic rings. The first-order valence-electron chi connectivity index (χ1n) is 3.48. The smallest absolute Gasteiger partial charge is 0.0553 e. The topological polar surface area (TPSA) is 43.7 Å². The van der Waals surface area contributed by atoms with Crippen molar-refractivity contribution in [2.75, 3.05) is 6.54 Å². The van der Waals surface area contributed by atoms with Gasteiger partial charge in [-0.05, 0) is 12.0 Å². The van der Waals surface area contributed by atoms with Gasteiger partial charge in [0.2, 0.25) is 0 Å². The lowest BCUT2D eigenvalue weighted by Gasteiger charge is -2.04. The highest BCUT2D eigenvalue weighted by Crippen LogP contribution is 1.98. The fourth-order valence-corrected chi connectivity index (χ4v) is 0.874. The van der Waals surface area contributed by atoms with Crippen LogP contribution in [-0.4, -0.2) is 22.2 Å². The third kappa shape index (κ3) is 4.31. The molecule has 0 aliphatic heterocycles. The first-order chi connectivity index (χ1) is 5.29. The van der Waals surface area contributed by atoms with E-state index in [9.17, 15) is 0 Å². The lowest BCUT2D eigenvalue weighted by molar-refractivity contribution is -0.305. The highest BCUT2D eigenvalue weighted by atomic mass is 35.5. The molecule has 1 aromatic carbocycles. The average molecular weight is 190 g/mol. The van der Waals surface area contributed by atoms with Crippen molar-refractivity contribution >= 4 is 12.4 Å². The van der Waals surface area contributed by atoms with Crippen molar-refractivity contribution in [3.05, 3.63) is 35.9 Å². The van der Waals surface area contributed by atoms with Gasteiger partial charge in [-0.25, -0.2) is 0 Å². The minimum atomic E-state index is 0. The summed E-state index contributed by atoms with van der Waals surface area (Å²) in [5, 5.41) is 17.0. The Morgan fingerprint density at radius 2 is 1.67 bits per heavy atom. The molecule has 1 aromatic rings. The second kappa shape index (κ2) is 5.97. The Balaban J connectivity index is 0.00000121. The molecule has 1 rings (SSSR count). The second-order valence-electron chi connectivity index (χ2n) is 2.33. The van der Waals surface area contributed by atoms with Crippen LogP contribution in [0.3, 0.4) is 0 Å². The van der Waals surface area contributed by atoms with E-state index in [1.165, 1.54) is 0 Å². The van der Waals surface area contributed by atoms with Crippen molar-refractivity contribution in [3.8, 4) is 0 Å². The van der Waals surface area contributed by atoms with Gasteiger partial charge in [-0.15, -0.1) is 12.4 Å². The standard InChI is InChI=1S/C8H11NO2.ClH/c10-9(11)7-6-8-4-2-1-3-5-8;/h1-5,10-11H,6-7H2;1H. The number of hydrogen-bond acceptors (Lipinski definition) is 3. The summed E-state index contributed by atoms with van der Waals surface area (Å²) in [5.74, 6) is 0. The van der Waals surface area contributed by atoms with E-state index >= 15 is 0 Å². The second-order valence-corrected chi connectivity index (χ2v) is 2.33. The SMILES string of the molecule is Cl.ON(O)CCc1ccccc1. The maximum absolute atomic E-state index is 8.40. The molecule has 0 fully saturated rings. The van der Waals surface area contributed by atoms with Crippen LogP contribution < -0.4 is 0 Å². The van der Waals surface area contributed by atoms with Gasteiger partial charge in [-0.1, -0.05) is 35.6 Å². The van der Waals surface area contributed by atoms with Crippen molar-refractivity contribution in [1.29, 1.82) is 0 Å². The molecule has 0 unspecified atom stereocenters. The van der Waals surface area contributed by atoms with Crippen molar-refractivity contribution in [2.45, 2.75) is 6.42 Å². The highest BCUT2D eigenvalue weighted by Gasteiger charge is 1.94. The zero-order chi connectivity index (χ0) is 8.10. The quantitative estimate of drug-likeness (QED) is 0.712. The molecular weight excluding hydrogens is 178 g/mol. The van der Waals surface area contributed by atoms with Gasteiger partial charge in [0.15, 0.2) is 0 Å². The van der Waals surface area contributed by atoms with E-state index in [0.29, 0.717) is 6.42 Å². The normalized spacial score (nSPS) is 9.58. The number of benzene rings is 1. The van der Waals surface area contributed by atoms with Crippen LogP contribution in [0, 0.1) is 0 Å². The average Bonchev–Trinajstić information content (AvgIpc) is 2.03. The molecule has 0 radical (unpaired) electrons. The number of halogens is 1. The zero-order valence-electron chi connectivity index (χ0n) is 6.55. The van der Waals surface area contributed by atoms with E-state index in [4.69, 9.17) is 10.4 Å². The number of hydrogen-bond donors (Lipinski definition) is 2. The molecule has 0 heterocycles. The van der Waals surface area contributed by atoms with Crippen molar-refractivity contribution in [2.24, 2.45) is 0 Å². The molecule has 12 heavy (non-hydrogen) atoms. The molecule has 0 aromatic heterocycles. The van der Waals surface area contributed by atoms with E-state index in [1.807, 2.05) is 30.3 Å². The van der Waals surface area contributed by atoms with Gasteiger partial charge in [0.1, 0.15) is 0 Å². The summed E-state index contributed by atoms with van der Waals surface area (Å²) < 4.78 is 0. The van der Waals surface area contributed by atoms with Crippen LogP contribution in [0.5, 0.6) is 0 Å². The number of nitrogens with zero attached hydrogens (tertiary/aromatic N) is 1. The predicted molar refractivity (Wildman–Crippen MR) is 47.7 cm³/mol. The van der Waals surface area contributed by atoms with Crippen LogP contribution in [0.1, 0.15) is 5.56 Å². The first kappa shape index (κ1) is 11.4. The van der Waals surface area contributed by atoms with E-state index < -0.39 is 0 Å². The summed E-state index contributed by atoms with van der Waals surface area (Å²) in [4.78, 5) is 0. The Labute approximate surface area is 77.6 Å². The van der Waals surface area contributed by atoms with Crippen LogP contribution in [0.15, 0.2) is 30.3 Å². The third-order valence-electron chi connectivity index (χ3n) is 1.44. The molecular formula is C8H12ClNO2. The fourth-order valence-electron chi connectivity index (χ4n) is 0.874. The Morgan fingerprint density at radius 3 is 2.17 bits per heavy atom. The van der Waals surface area contributed by atoms with Crippen LogP contribution in [0.4, 0.5) is 0 Å². The Kier molecular flexibility index (Phi) is 5.66. The van der Waals surface area contributed by atoms with Gasteiger partial charge >= 0.3 is 0 Å². The molecule has 0 atom stereocenters. The van der Waals surface area contributed by atoms with Gasteiger partial charge in [0.25, 0.3) is 0 Å². The van der Waals surface area contributed by atoms with Gasteiger partial charge in [-0.3, -0.25) is 10.4 Å². The minimum Gasteiger partial charge on any atom is -0.290 e. The molecule has 68 valence electrons. The van der Waals surface area contributed by atoms with E-state index in [0.717, 1.165) is 5.56 Å². The Morgan fingerprint density at radius 1 is 1.08 bits per heavy atom. The van der Waals surface area contributed by atoms with E-state index in [-0.39, 0.29) is 24.2 Å². The largest absolute Gasteiger partial charge is 0.290 e. The van der Waals surface area contributed by atoms with Crippen LogP contribution in [0.25, 0.3) is 0 Å². The highest BCUT2D eigenvalue weighted by molar-refractivity contribution is 5.85. The van der Waals surface area contributed by atoms with Gasteiger partial charge in [-0.2, -0.15) is 0 Å².